The summed E-state index contributed by atoms with van der Waals surface area (Å²) < 4.78 is 0. The number of hydrogen-bond acceptors (Lipinski definition) is 4. The zero-order valence-corrected chi connectivity index (χ0v) is 16.5. The Kier molecular flexibility index (Phi) is 4.45. The molecule has 0 saturated heterocycles. The van der Waals surface area contributed by atoms with Gasteiger partial charge in [-0.25, -0.2) is 4.98 Å². The lowest BCUT2D eigenvalue weighted by atomic mass is 9.89. The second-order valence-electron chi connectivity index (χ2n) is 7.48. The van der Waals surface area contributed by atoms with E-state index in [4.69, 9.17) is 0 Å². The highest BCUT2D eigenvalue weighted by Gasteiger charge is 2.23. The Hall–Kier alpha value is -2.71. The Morgan fingerprint density at radius 3 is 3.00 bits per heavy atom. The predicted octanol–water partition coefficient (Wildman–Crippen LogP) is 4.79. The normalized spacial score (nSPS) is 17.0. The molecule has 0 aliphatic heterocycles. The molecule has 1 aliphatic carbocycles. The second kappa shape index (κ2) is 6.79. The number of aromatic nitrogens is 2. The summed E-state index contributed by atoms with van der Waals surface area (Å²) in [6.07, 6.45) is 4.86. The van der Waals surface area contributed by atoms with Crippen LogP contribution in [0.15, 0.2) is 23.0 Å². The minimum absolute atomic E-state index is 0.135. The van der Waals surface area contributed by atoms with E-state index in [-0.39, 0.29) is 5.56 Å². The van der Waals surface area contributed by atoms with Gasteiger partial charge in [0.25, 0.3) is 5.56 Å². The van der Waals surface area contributed by atoms with Crippen molar-refractivity contribution in [1.82, 2.24) is 9.97 Å². The van der Waals surface area contributed by atoms with Gasteiger partial charge in [0.05, 0.1) is 11.0 Å². The maximum Gasteiger partial charge on any atom is 0.260 e. The van der Waals surface area contributed by atoms with Crippen LogP contribution < -0.4 is 5.56 Å². The number of rotatable bonds is 2. The van der Waals surface area contributed by atoms with Crippen molar-refractivity contribution in [3.05, 3.63) is 61.5 Å². The van der Waals surface area contributed by atoms with E-state index in [9.17, 15) is 10.1 Å². The van der Waals surface area contributed by atoms with Crippen LogP contribution in [0.3, 0.4) is 0 Å². The standard InChI is InChI=1S/C22H21N3OS/c1-12-4-6-14(3)15(8-12)10-16(11-23)20-24-21(26)19-17-7-5-13(2)9-18(17)27-22(19)25-20/h4,6,8,10,13H,5,7,9H2,1-3H3,(H,24,25,26)/b16-10+/t13-/m1/s1. The van der Waals surface area contributed by atoms with Crippen molar-refractivity contribution in [3.8, 4) is 6.07 Å². The number of H-pyrrole nitrogens is 1. The van der Waals surface area contributed by atoms with Gasteiger partial charge in [-0.1, -0.05) is 30.7 Å². The zero-order chi connectivity index (χ0) is 19.1. The number of aromatic amines is 1. The average Bonchev–Trinajstić information content (AvgIpc) is 3.00. The Balaban J connectivity index is 1.86. The Morgan fingerprint density at radius 2 is 2.22 bits per heavy atom. The Bertz CT molecular complexity index is 1180. The maximum absolute atomic E-state index is 12.8. The minimum atomic E-state index is -0.135. The smallest absolute Gasteiger partial charge is 0.260 e. The van der Waals surface area contributed by atoms with E-state index in [0.29, 0.717) is 17.3 Å². The fraction of sp³-hybridized carbons (Fsp3) is 0.318. The van der Waals surface area contributed by atoms with Gasteiger partial charge in [-0.05, 0) is 61.8 Å². The third-order valence-electron chi connectivity index (χ3n) is 5.28. The van der Waals surface area contributed by atoms with Crippen molar-refractivity contribution in [2.45, 2.75) is 40.0 Å². The van der Waals surface area contributed by atoms with Crippen LogP contribution in [0.25, 0.3) is 21.9 Å². The topological polar surface area (TPSA) is 69.5 Å². The molecule has 2 aromatic heterocycles. The van der Waals surface area contributed by atoms with E-state index in [1.54, 1.807) is 11.3 Å². The molecular formula is C22H21N3OS. The fourth-order valence-electron chi connectivity index (χ4n) is 3.70. The SMILES string of the molecule is Cc1ccc(C)c(/C=C(\C#N)c2nc3sc4c(c3c(=O)[nH]2)CC[C@@H](C)C4)c1. The summed E-state index contributed by atoms with van der Waals surface area (Å²) >= 11 is 1.60. The van der Waals surface area contributed by atoms with Crippen LogP contribution in [0.1, 0.15) is 46.3 Å². The number of nitrogens with one attached hydrogen (secondary N) is 1. The number of fused-ring (bicyclic) bond motifs is 3. The summed E-state index contributed by atoms with van der Waals surface area (Å²) in [5.41, 5.74) is 4.57. The van der Waals surface area contributed by atoms with Gasteiger partial charge in [-0.2, -0.15) is 5.26 Å². The zero-order valence-electron chi connectivity index (χ0n) is 15.7. The summed E-state index contributed by atoms with van der Waals surface area (Å²) in [7, 11) is 0. The lowest BCUT2D eigenvalue weighted by molar-refractivity contribution is 0.509. The first-order chi connectivity index (χ1) is 13.0. The van der Waals surface area contributed by atoms with E-state index in [0.717, 1.165) is 51.7 Å². The quantitative estimate of drug-likeness (QED) is 0.655. The molecule has 1 atom stereocenters. The van der Waals surface area contributed by atoms with E-state index < -0.39 is 0 Å². The number of benzene rings is 1. The molecule has 1 N–H and O–H groups in total. The first-order valence-electron chi connectivity index (χ1n) is 9.20. The molecule has 0 unspecified atom stereocenters. The van der Waals surface area contributed by atoms with Crippen LogP contribution >= 0.6 is 11.3 Å². The van der Waals surface area contributed by atoms with Gasteiger partial charge in [0.15, 0.2) is 5.82 Å². The molecule has 5 heteroatoms. The molecule has 0 saturated carbocycles. The molecule has 0 bridgehead atoms. The van der Waals surface area contributed by atoms with Crippen LogP contribution in [0.4, 0.5) is 0 Å². The van der Waals surface area contributed by atoms with E-state index in [2.05, 4.69) is 23.0 Å². The lowest BCUT2D eigenvalue weighted by Crippen LogP contribution is -2.14. The first-order valence-corrected chi connectivity index (χ1v) is 10.0. The predicted molar refractivity (Wildman–Crippen MR) is 111 cm³/mol. The highest BCUT2D eigenvalue weighted by atomic mass is 32.1. The van der Waals surface area contributed by atoms with Crippen molar-refractivity contribution in [1.29, 1.82) is 5.26 Å². The van der Waals surface area contributed by atoms with Crippen LogP contribution in [-0.4, -0.2) is 9.97 Å². The molecule has 4 rings (SSSR count). The van der Waals surface area contributed by atoms with Crippen LogP contribution in [-0.2, 0) is 12.8 Å². The third kappa shape index (κ3) is 3.22. The van der Waals surface area contributed by atoms with Crippen molar-refractivity contribution in [2.24, 2.45) is 5.92 Å². The maximum atomic E-state index is 12.8. The summed E-state index contributed by atoms with van der Waals surface area (Å²) in [5, 5.41) is 10.4. The summed E-state index contributed by atoms with van der Waals surface area (Å²) in [5.74, 6) is 0.991. The van der Waals surface area contributed by atoms with Crippen LogP contribution in [0.2, 0.25) is 0 Å². The van der Waals surface area contributed by atoms with E-state index in [1.807, 2.05) is 38.1 Å². The van der Waals surface area contributed by atoms with Gasteiger partial charge >= 0.3 is 0 Å². The number of aryl methyl sites for hydroxylation is 3. The minimum Gasteiger partial charge on any atom is -0.305 e. The van der Waals surface area contributed by atoms with E-state index >= 15 is 0 Å². The number of thiophene rings is 1. The molecular weight excluding hydrogens is 354 g/mol. The molecule has 0 spiro atoms. The van der Waals surface area contributed by atoms with Gasteiger partial charge in [0, 0.05) is 4.88 Å². The van der Waals surface area contributed by atoms with Gasteiger partial charge < -0.3 is 4.98 Å². The first kappa shape index (κ1) is 17.7. The van der Waals surface area contributed by atoms with Crippen molar-refractivity contribution in [2.75, 3.05) is 0 Å². The van der Waals surface area contributed by atoms with E-state index in [1.165, 1.54) is 4.88 Å². The molecule has 4 nitrogen and oxygen atoms in total. The number of allylic oxidation sites excluding steroid dienone is 1. The molecule has 0 fully saturated rings. The molecule has 27 heavy (non-hydrogen) atoms. The number of nitrogens with zero attached hydrogens (tertiary/aromatic N) is 2. The Morgan fingerprint density at radius 1 is 1.41 bits per heavy atom. The molecule has 0 radical (unpaired) electrons. The van der Waals surface area contributed by atoms with Gasteiger partial charge in [-0.3, -0.25) is 4.79 Å². The largest absolute Gasteiger partial charge is 0.305 e. The summed E-state index contributed by atoms with van der Waals surface area (Å²) in [6, 6.07) is 8.32. The molecule has 3 aromatic rings. The third-order valence-corrected chi connectivity index (χ3v) is 6.42. The van der Waals surface area contributed by atoms with Crippen molar-refractivity contribution in [3.63, 3.8) is 0 Å². The number of nitriles is 1. The van der Waals surface area contributed by atoms with Crippen molar-refractivity contribution >= 4 is 33.2 Å². The molecule has 0 amide bonds. The van der Waals surface area contributed by atoms with Gasteiger partial charge in [0.2, 0.25) is 0 Å². The lowest BCUT2D eigenvalue weighted by Gasteiger charge is -2.17. The highest BCUT2D eigenvalue weighted by Crippen LogP contribution is 2.36. The number of hydrogen-bond donors (Lipinski definition) is 1. The van der Waals surface area contributed by atoms with Gasteiger partial charge in [0.1, 0.15) is 10.9 Å². The Labute approximate surface area is 162 Å². The monoisotopic (exact) mass is 375 g/mol. The summed E-state index contributed by atoms with van der Waals surface area (Å²) in [4.78, 5) is 22.3. The molecule has 1 aliphatic rings. The van der Waals surface area contributed by atoms with Crippen molar-refractivity contribution < 1.29 is 0 Å². The average molecular weight is 375 g/mol. The van der Waals surface area contributed by atoms with Crippen LogP contribution in [0, 0.1) is 31.1 Å². The molecule has 136 valence electrons. The van der Waals surface area contributed by atoms with Crippen LogP contribution in [0.5, 0.6) is 0 Å². The summed E-state index contributed by atoms with van der Waals surface area (Å²) in [6.45, 7) is 6.28. The molecule has 1 aromatic carbocycles. The molecule has 2 heterocycles. The van der Waals surface area contributed by atoms with Gasteiger partial charge in [-0.15, -0.1) is 11.3 Å². The second-order valence-corrected chi connectivity index (χ2v) is 8.56. The highest BCUT2D eigenvalue weighted by molar-refractivity contribution is 7.18. The fourth-order valence-corrected chi connectivity index (χ4v) is 5.08.